The van der Waals surface area contributed by atoms with E-state index in [4.69, 9.17) is 6.42 Å². The normalized spacial score (nSPS) is 13.0. The Labute approximate surface area is 110 Å². The lowest BCUT2D eigenvalue weighted by Crippen LogP contribution is -2.10. The third-order valence-corrected chi connectivity index (χ3v) is 3.41. The van der Waals surface area contributed by atoms with Crippen molar-refractivity contribution in [2.45, 2.75) is 36.4 Å². The molecule has 0 amide bonds. The molecule has 98 valence electrons. The second kappa shape index (κ2) is 7.38. The van der Waals surface area contributed by atoms with Crippen LogP contribution in [0.15, 0.2) is 30.3 Å². The van der Waals surface area contributed by atoms with Gasteiger partial charge in [-0.1, -0.05) is 42.7 Å². The van der Waals surface area contributed by atoms with Gasteiger partial charge in [-0.15, -0.1) is 6.42 Å². The van der Waals surface area contributed by atoms with Crippen molar-refractivity contribution in [3.63, 3.8) is 0 Å². The van der Waals surface area contributed by atoms with Crippen molar-refractivity contribution in [1.29, 1.82) is 0 Å². The Morgan fingerprint density at radius 2 is 1.83 bits per heavy atom. The van der Waals surface area contributed by atoms with Gasteiger partial charge in [0.05, 0.1) is 5.25 Å². The van der Waals surface area contributed by atoms with Gasteiger partial charge in [-0.2, -0.15) is 13.2 Å². The smallest absolute Gasteiger partial charge is 0.160 e. The Balaban J connectivity index is 2.23. The van der Waals surface area contributed by atoms with Gasteiger partial charge in [0.15, 0.2) is 0 Å². The van der Waals surface area contributed by atoms with Crippen LogP contribution in [0.25, 0.3) is 0 Å². The topological polar surface area (TPSA) is 0 Å². The van der Waals surface area contributed by atoms with Crippen LogP contribution >= 0.6 is 11.8 Å². The zero-order valence-electron chi connectivity index (χ0n) is 9.91. The van der Waals surface area contributed by atoms with Gasteiger partial charge in [0.25, 0.3) is 0 Å². The summed E-state index contributed by atoms with van der Waals surface area (Å²) in [5.41, 5.74) is -3.03. The summed E-state index contributed by atoms with van der Waals surface area (Å²) in [5.74, 6) is 2.20. The first-order valence-electron chi connectivity index (χ1n) is 5.76. The van der Waals surface area contributed by atoms with Crippen LogP contribution in [0.4, 0.5) is 13.2 Å². The van der Waals surface area contributed by atoms with E-state index in [1.54, 1.807) is 0 Å². The van der Waals surface area contributed by atoms with Crippen molar-refractivity contribution in [3.8, 4) is 12.3 Å². The molecule has 0 aliphatic rings. The lowest BCUT2D eigenvalue weighted by Gasteiger charge is -2.12. The summed E-state index contributed by atoms with van der Waals surface area (Å²) in [7, 11) is 0. The molecule has 0 bridgehead atoms. The second-order valence-corrected chi connectivity index (χ2v) is 5.22. The highest BCUT2D eigenvalue weighted by Crippen LogP contribution is 2.35. The maximum atomic E-state index is 12.1. The summed E-state index contributed by atoms with van der Waals surface area (Å²) in [6.07, 6.45) is 7.97. The molecule has 1 atom stereocenters. The molecule has 0 aliphatic heterocycles. The molecular weight excluding hydrogens is 257 g/mol. The largest absolute Gasteiger partial charge is 0.443 e. The predicted molar refractivity (Wildman–Crippen MR) is 70.3 cm³/mol. The van der Waals surface area contributed by atoms with Crippen LogP contribution in [-0.2, 0) is 6.42 Å². The van der Waals surface area contributed by atoms with E-state index in [1.807, 2.05) is 30.3 Å². The molecule has 0 saturated carbocycles. The number of unbranched alkanes of at least 4 members (excludes halogenated alkanes) is 1. The Kier molecular flexibility index (Phi) is 6.14. The fraction of sp³-hybridized carbons (Fsp3) is 0.429. The van der Waals surface area contributed by atoms with Crippen molar-refractivity contribution in [3.05, 3.63) is 35.9 Å². The van der Waals surface area contributed by atoms with Crippen LogP contribution in [0.5, 0.6) is 0 Å². The Morgan fingerprint density at radius 1 is 1.17 bits per heavy atom. The van der Waals surface area contributed by atoms with Gasteiger partial charge >= 0.3 is 5.51 Å². The molecule has 0 radical (unpaired) electrons. The number of aryl methyl sites for hydroxylation is 1. The summed E-state index contributed by atoms with van der Waals surface area (Å²) in [6.45, 7) is 0. The molecule has 0 N–H and O–H groups in total. The molecule has 1 aromatic rings. The molecule has 1 rings (SSSR count). The van der Waals surface area contributed by atoms with Crippen molar-refractivity contribution < 1.29 is 13.2 Å². The van der Waals surface area contributed by atoms with Crippen LogP contribution in [0.2, 0.25) is 0 Å². The van der Waals surface area contributed by atoms with Gasteiger partial charge < -0.3 is 0 Å². The van der Waals surface area contributed by atoms with Crippen LogP contribution in [-0.4, -0.2) is 10.8 Å². The molecule has 0 spiro atoms. The molecule has 0 fully saturated rings. The van der Waals surface area contributed by atoms with E-state index in [1.165, 1.54) is 5.56 Å². The lowest BCUT2D eigenvalue weighted by molar-refractivity contribution is -0.0331. The SMILES string of the molecule is C#C[C@H](CCCCc1ccccc1)SC(F)(F)F. The molecule has 0 nitrogen and oxygen atoms in total. The first kappa shape index (κ1) is 15.0. The van der Waals surface area contributed by atoms with E-state index in [2.05, 4.69) is 5.92 Å². The van der Waals surface area contributed by atoms with E-state index < -0.39 is 10.8 Å². The molecule has 0 heterocycles. The van der Waals surface area contributed by atoms with Crippen molar-refractivity contribution in [2.75, 3.05) is 0 Å². The standard InChI is InChI=1S/C14H15F3S/c1-2-13(18-14(15,16)17)11-7-6-10-12-8-4-3-5-9-12/h1,3-5,8-9,13H,6-7,10-11H2/t13-/m1/s1. The fourth-order valence-corrected chi connectivity index (χ4v) is 2.32. The van der Waals surface area contributed by atoms with Crippen molar-refractivity contribution in [1.82, 2.24) is 0 Å². The maximum Gasteiger partial charge on any atom is 0.443 e. The van der Waals surface area contributed by atoms with Crippen LogP contribution in [0.3, 0.4) is 0 Å². The summed E-state index contributed by atoms with van der Waals surface area (Å²) in [4.78, 5) is 0. The number of terminal acetylenes is 1. The highest BCUT2D eigenvalue weighted by atomic mass is 32.2. The second-order valence-electron chi connectivity index (χ2n) is 3.95. The van der Waals surface area contributed by atoms with E-state index in [-0.39, 0.29) is 11.8 Å². The Hall–Kier alpha value is -1.08. The van der Waals surface area contributed by atoms with E-state index in [0.717, 1.165) is 12.8 Å². The van der Waals surface area contributed by atoms with Gasteiger partial charge in [0.1, 0.15) is 0 Å². The number of thioether (sulfide) groups is 1. The highest BCUT2D eigenvalue weighted by Gasteiger charge is 2.31. The van der Waals surface area contributed by atoms with Gasteiger partial charge in [-0.05, 0) is 36.6 Å². The monoisotopic (exact) mass is 272 g/mol. The summed E-state index contributed by atoms with van der Waals surface area (Å²) in [5, 5.41) is -0.763. The predicted octanol–water partition coefficient (Wildman–Crippen LogP) is 4.65. The molecular formula is C14H15F3S. The van der Waals surface area contributed by atoms with Gasteiger partial charge in [-0.25, -0.2) is 0 Å². The van der Waals surface area contributed by atoms with E-state index >= 15 is 0 Å². The number of benzene rings is 1. The number of rotatable bonds is 6. The fourth-order valence-electron chi connectivity index (χ4n) is 1.64. The van der Waals surface area contributed by atoms with Gasteiger partial charge in [0, 0.05) is 0 Å². The summed E-state index contributed by atoms with van der Waals surface area (Å²) >= 11 is -0.0880. The molecule has 18 heavy (non-hydrogen) atoms. The average molecular weight is 272 g/mol. The summed E-state index contributed by atoms with van der Waals surface area (Å²) in [6, 6.07) is 9.89. The van der Waals surface area contributed by atoms with Crippen molar-refractivity contribution in [2.24, 2.45) is 0 Å². The minimum atomic E-state index is -4.24. The Morgan fingerprint density at radius 3 is 2.39 bits per heavy atom. The molecule has 4 heteroatoms. The minimum Gasteiger partial charge on any atom is -0.160 e. The maximum absolute atomic E-state index is 12.1. The zero-order valence-corrected chi connectivity index (χ0v) is 10.7. The Bertz CT molecular complexity index is 378. The number of hydrogen-bond donors (Lipinski definition) is 0. The third kappa shape index (κ3) is 6.61. The molecule has 0 unspecified atom stereocenters. The molecule has 0 aromatic heterocycles. The molecule has 0 aliphatic carbocycles. The number of halogens is 3. The highest BCUT2D eigenvalue weighted by molar-refractivity contribution is 8.00. The first-order valence-corrected chi connectivity index (χ1v) is 6.64. The van der Waals surface area contributed by atoms with E-state index in [0.29, 0.717) is 12.8 Å². The van der Waals surface area contributed by atoms with Gasteiger partial charge in [0.2, 0.25) is 0 Å². The molecule has 0 saturated heterocycles. The third-order valence-electron chi connectivity index (χ3n) is 2.49. The average Bonchev–Trinajstić information content (AvgIpc) is 2.33. The van der Waals surface area contributed by atoms with Crippen molar-refractivity contribution >= 4 is 11.8 Å². The van der Waals surface area contributed by atoms with Gasteiger partial charge in [-0.3, -0.25) is 0 Å². The van der Waals surface area contributed by atoms with Crippen LogP contribution in [0, 0.1) is 12.3 Å². The number of hydrogen-bond acceptors (Lipinski definition) is 1. The lowest BCUT2D eigenvalue weighted by atomic mass is 10.1. The minimum absolute atomic E-state index is 0.0880. The van der Waals surface area contributed by atoms with Crippen LogP contribution < -0.4 is 0 Å². The summed E-state index contributed by atoms with van der Waals surface area (Å²) < 4.78 is 36.4. The zero-order chi connectivity index (χ0) is 13.4. The first-order chi connectivity index (χ1) is 8.51. The van der Waals surface area contributed by atoms with Crippen LogP contribution in [0.1, 0.15) is 24.8 Å². The quantitative estimate of drug-likeness (QED) is 0.536. The van der Waals surface area contributed by atoms with E-state index in [9.17, 15) is 13.2 Å². The number of alkyl halides is 3. The molecule has 1 aromatic carbocycles.